The number of amides is 6. The van der Waals surface area contributed by atoms with E-state index in [1.54, 1.807) is 33.2 Å². The Hall–Kier alpha value is -15.7. The van der Waals surface area contributed by atoms with Crippen LogP contribution in [0.2, 0.25) is 0 Å². The number of fused-ring (bicyclic) bond motifs is 6. The van der Waals surface area contributed by atoms with E-state index >= 15 is 0 Å². The Morgan fingerprint density at radius 3 is 0.558 bits per heavy atom. The van der Waals surface area contributed by atoms with Gasteiger partial charge in [-0.2, -0.15) is 0 Å². The molecule has 0 aliphatic rings. The summed E-state index contributed by atoms with van der Waals surface area (Å²) in [6.45, 7) is -1.99. The first-order chi connectivity index (χ1) is 85.3. The van der Waals surface area contributed by atoms with Gasteiger partial charge in [0.1, 0.15) is 33.9 Å². The van der Waals surface area contributed by atoms with Gasteiger partial charge < -0.3 is 55.8 Å². The van der Waals surface area contributed by atoms with Crippen LogP contribution in [-0.4, -0.2) is 206 Å². The van der Waals surface area contributed by atoms with Crippen LogP contribution in [0, 0.1) is 82.7 Å². The largest absolute Gasteiger partial charge is 0.348 e. The molecule has 708 valence electrons. The number of likely N-dealkylation sites (N-methyl/N-ethyl adjacent to an activating group) is 6. The van der Waals surface area contributed by atoms with E-state index in [4.69, 9.17) is 64.4 Å². The second kappa shape index (κ2) is 43.7. The number of hydrogen-bond donors (Lipinski definition) is 0. The van der Waals surface area contributed by atoms with Crippen LogP contribution in [0.3, 0.4) is 0 Å². The number of imidazole rings is 6. The van der Waals surface area contributed by atoms with Crippen molar-refractivity contribution in [2.75, 3.05) is 84.6 Å². The molecule has 18 aromatic rings. The van der Waals surface area contributed by atoms with Crippen molar-refractivity contribution in [3.8, 4) is 67.5 Å². The van der Waals surface area contributed by atoms with Crippen molar-refractivity contribution in [2.45, 2.75) is 121 Å². The molecule has 18 rings (SSSR count). The summed E-state index contributed by atoms with van der Waals surface area (Å²) in [7, 11) is 17.7. The molecular formula is C114H126N18O6. The summed E-state index contributed by atoms with van der Waals surface area (Å²) in [6.07, 6.45) is -11.7. The molecule has 6 atom stereocenters. The molecular weight excluding hydrogens is 1720 g/mol. The van der Waals surface area contributed by atoms with Gasteiger partial charge in [-0.1, -0.05) is 215 Å². The Bertz CT molecular complexity index is 9980. The van der Waals surface area contributed by atoms with Crippen LogP contribution in [0.15, 0.2) is 255 Å². The van der Waals surface area contributed by atoms with Gasteiger partial charge in [-0.3, -0.25) is 28.8 Å². The number of carbonyl (C=O) groups is 6. The number of aryl methyl sites for hydroxylation is 4. The van der Waals surface area contributed by atoms with Gasteiger partial charge in [0, 0.05) is 184 Å². The van der Waals surface area contributed by atoms with Crippen LogP contribution in [-0.2, 0) is 67.1 Å². The van der Waals surface area contributed by atoms with Gasteiger partial charge in [-0.15, -0.1) is 0 Å². The first kappa shape index (κ1) is 54.7. The number of rotatable bonds is 18. The molecule has 6 amide bonds. The van der Waals surface area contributed by atoms with Crippen molar-refractivity contribution in [1.82, 2.24) is 85.7 Å². The highest BCUT2D eigenvalue weighted by Crippen LogP contribution is 2.34. The Morgan fingerprint density at radius 1 is 0.217 bits per heavy atom. The normalized spacial score (nSPS) is 17.7. The minimum atomic E-state index is -2.96. The maximum absolute atomic E-state index is 12.7. The zero-order valence-electron chi connectivity index (χ0n) is 126. The van der Waals surface area contributed by atoms with Crippen molar-refractivity contribution in [3.05, 3.63) is 356 Å². The Kier molecular flexibility index (Phi) is 17.3. The van der Waals surface area contributed by atoms with E-state index in [0.717, 1.165) is 38.5 Å². The highest BCUT2D eigenvalue weighted by molar-refractivity contribution is 5.87. The maximum atomic E-state index is 12.7. The van der Waals surface area contributed by atoms with E-state index in [1.165, 1.54) is 175 Å². The summed E-state index contributed by atoms with van der Waals surface area (Å²) in [5.41, 5.74) is 1.63. The number of carbonyl (C=O) groups excluding carboxylic acids is 6. The molecule has 0 bridgehead atoms. The van der Waals surface area contributed by atoms with Gasteiger partial charge in [0.15, 0.2) is 0 Å². The minimum Gasteiger partial charge on any atom is -0.348 e. The lowest BCUT2D eigenvalue weighted by atomic mass is 10.1. The summed E-state index contributed by atoms with van der Waals surface area (Å²) >= 11 is 0. The molecule has 0 aliphatic heterocycles. The van der Waals surface area contributed by atoms with E-state index in [2.05, 4.69) is 29.9 Å². The van der Waals surface area contributed by atoms with Crippen molar-refractivity contribution < 1.29 is 93.2 Å². The van der Waals surface area contributed by atoms with Crippen molar-refractivity contribution in [3.63, 3.8) is 0 Å². The van der Waals surface area contributed by atoms with E-state index in [1.807, 2.05) is 50.2 Å². The van der Waals surface area contributed by atoms with Crippen LogP contribution in [0.25, 0.3) is 101 Å². The number of hydrogen-bond acceptors (Lipinski definition) is 12. The zero-order chi connectivity index (χ0) is 140. The van der Waals surface area contributed by atoms with Crippen molar-refractivity contribution >= 4 is 69.3 Å². The van der Waals surface area contributed by atoms with Gasteiger partial charge in [0.05, 0.1) is 142 Å². The molecule has 0 saturated heterocycles. The van der Waals surface area contributed by atoms with Crippen molar-refractivity contribution in [2.24, 2.45) is 0 Å². The molecule has 6 aromatic carbocycles. The molecule has 138 heavy (non-hydrogen) atoms. The standard InChI is InChI=1S/6C19H21N3O/c6*1-13-5-8-15(9-6-13)19-16(11-18(23)21(3)4)22-12-14(2)7-10-17(22)20-19/h6*5-10,12H,11H2,1-4H3/i2D3,5D,6D,7D,8D,9D,10D,11D,12D;5D,6D,7D,8D,9D,10D,11D,12D;1D3,2D3,7D,10D,11D,12D;2D3,7D,10D,11D,12D;1D3,7D,10D,11D,12D;7D,10D,11D,12D. The van der Waals surface area contributed by atoms with E-state index in [0.29, 0.717) is 33.5 Å². The van der Waals surface area contributed by atoms with Gasteiger partial charge in [-0.05, 0) is 152 Å². The number of aromatic nitrogens is 12. The third kappa shape index (κ3) is 24.1. The molecule has 0 radical (unpaired) electrons. The molecule has 0 fully saturated rings. The van der Waals surface area contributed by atoms with Gasteiger partial charge in [0.25, 0.3) is 0 Å². The predicted octanol–water partition coefficient (Wildman–Crippen LogP) is 19.5. The molecule has 0 saturated carbocycles. The fraction of sp³-hybridized carbons (Fsp3) is 0.263. The lowest BCUT2D eigenvalue weighted by Crippen LogP contribution is -2.24. The van der Waals surface area contributed by atoms with E-state index in [-0.39, 0.29) is 214 Å². The fourth-order valence-corrected chi connectivity index (χ4v) is 12.7. The third-order valence-corrected chi connectivity index (χ3v) is 20.1. The van der Waals surface area contributed by atoms with Gasteiger partial charge in [-0.25, -0.2) is 29.9 Å². The highest BCUT2D eigenvalue weighted by atomic mass is 16.2. The van der Waals surface area contributed by atoms with Gasteiger partial charge in [0.2, 0.25) is 35.4 Å². The average molecular weight is 1890 g/mol. The summed E-state index contributed by atoms with van der Waals surface area (Å²) < 4.78 is 387. The predicted molar refractivity (Wildman–Crippen MR) is 555 cm³/mol. The van der Waals surface area contributed by atoms with Crippen LogP contribution in [0.5, 0.6) is 0 Å². The Morgan fingerprint density at radius 2 is 0.377 bits per heavy atom. The zero-order valence-corrected chi connectivity index (χ0v) is 78.7. The summed E-state index contributed by atoms with van der Waals surface area (Å²) in [5.74, 6) is -3.67. The molecule has 0 aliphatic carbocycles. The average Bonchev–Trinajstić information content (AvgIpc) is 1.62. The number of nitrogens with zero attached hydrogens (tertiary/aromatic N) is 18. The number of pyridine rings is 6. The maximum Gasteiger partial charge on any atom is 0.228 e. The topological polar surface area (TPSA) is 226 Å². The molecule has 12 heterocycles. The van der Waals surface area contributed by atoms with Crippen molar-refractivity contribution in [1.29, 1.82) is 0 Å². The molecule has 0 N–H and O–H groups in total. The fourth-order valence-electron chi connectivity index (χ4n) is 12.7. The lowest BCUT2D eigenvalue weighted by molar-refractivity contribution is -0.128. The van der Waals surface area contributed by atoms with E-state index < -0.39 is 209 Å². The molecule has 24 nitrogen and oxygen atoms in total. The van der Waals surface area contributed by atoms with Crippen LogP contribution >= 0.6 is 0 Å². The van der Waals surface area contributed by atoms with Crippen LogP contribution in [0.4, 0.5) is 0 Å². The van der Waals surface area contributed by atoms with E-state index in [9.17, 15) is 28.8 Å². The Balaban J connectivity index is 0.000000180. The first-order valence-electron chi connectivity index (χ1n) is 66.1. The second-order valence-corrected chi connectivity index (χ2v) is 32.3. The SMILES string of the molecule is [2H]c1c(C([2H])([2H])[2H])c([2H])n2c(C([2H])C(=O)N(C)C)c(-c3ccc(C([2H])([2H])[2H])cc3)nc2c1[2H].[2H]c1c(C([2H])([2H])[2H])c([2H])n2c(C([2H])C(=O)N(C)C)c(-c3ccc(C)cc3)nc2c1[2H].[2H]c1c(C)c([2H])n2c(C([2H])C(=O)N(C)C)c(-c3ccc(C([2H])([2H])[2H])cc3)nc2c1[2H].[2H]c1c(C)c([2H])n2c(C([2H])C(=O)N(C)C)c(-c3ccc(C)cc3)nc2c1[2H].[2H]c1c([2H])c(-c2nc3c([2H])c([2H])c(C([2H])([2H])[2H])c([2H])n3c2C([2H])C(=O)N(C)C)c([2H])c([2H])c1C.[2H]c1c([2H])c(-c2nc3c([2H])c([2H])c(C)c([2H])n3c2C([2H])C(=O)N(C)C)c([2H])c([2H])c1C. The highest BCUT2D eigenvalue weighted by Gasteiger charge is 2.26. The molecule has 12 aromatic heterocycles. The minimum absolute atomic E-state index is 0.00319. The third-order valence-electron chi connectivity index (χ3n) is 20.1. The molecule has 0 spiro atoms. The quantitative estimate of drug-likeness (QED) is 0.0782. The monoisotopic (exact) mass is 1890 g/mol. The summed E-state index contributed by atoms with van der Waals surface area (Å²) in [6, 6.07) is 18.1. The lowest BCUT2D eigenvalue weighted by Gasteiger charge is -2.11. The smallest absolute Gasteiger partial charge is 0.228 e. The molecule has 24 heteroatoms. The first-order valence-corrected chi connectivity index (χ1v) is 42.1. The van der Waals surface area contributed by atoms with Crippen LogP contribution < -0.4 is 0 Å². The number of benzene rings is 6. The van der Waals surface area contributed by atoms with Crippen LogP contribution in [0.1, 0.15) is 165 Å². The van der Waals surface area contributed by atoms with Gasteiger partial charge >= 0.3 is 0 Å². The molecule has 6 unspecified atom stereocenters. The Labute approximate surface area is 875 Å². The summed E-state index contributed by atoms with van der Waals surface area (Å²) in [5, 5.41) is 0. The second-order valence-electron chi connectivity index (χ2n) is 32.3. The summed E-state index contributed by atoms with van der Waals surface area (Å²) in [4.78, 5) is 109.